The maximum atomic E-state index is 11.5. The fourth-order valence-corrected chi connectivity index (χ4v) is 1.31. The number of rotatable bonds is 3. The molecule has 2 nitrogen and oxygen atoms in total. The van der Waals surface area contributed by atoms with Crippen LogP contribution in [0.25, 0.3) is 0 Å². The number of hydrogen-bond acceptors (Lipinski definition) is 2. The average molecular weight is 177 g/mol. The van der Waals surface area contributed by atoms with E-state index in [-0.39, 0.29) is 5.78 Å². The van der Waals surface area contributed by atoms with Crippen LogP contribution >= 0.6 is 0 Å². The van der Waals surface area contributed by atoms with Gasteiger partial charge in [0.05, 0.1) is 5.54 Å². The summed E-state index contributed by atoms with van der Waals surface area (Å²) in [6, 6.07) is 9.46. The smallest absolute Gasteiger partial charge is 0.156 e. The Kier molecular flexibility index (Phi) is 2.83. The zero-order valence-corrected chi connectivity index (χ0v) is 8.08. The molecule has 1 rings (SSSR count). The predicted octanol–water partition coefficient (Wildman–Crippen LogP) is 1.84. The Labute approximate surface area is 78.8 Å². The Balaban J connectivity index is 3.00. The molecule has 0 fully saturated rings. The van der Waals surface area contributed by atoms with Crippen molar-refractivity contribution in [3.63, 3.8) is 0 Å². The fourth-order valence-electron chi connectivity index (χ4n) is 1.31. The van der Waals surface area contributed by atoms with Gasteiger partial charge < -0.3 is 5.73 Å². The minimum absolute atomic E-state index is 0.0682. The van der Waals surface area contributed by atoms with Crippen molar-refractivity contribution >= 4 is 5.78 Å². The average Bonchev–Trinajstić information content (AvgIpc) is 2.18. The van der Waals surface area contributed by atoms with Gasteiger partial charge in [0.2, 0.25) is 0 Å². The Hall–Kier alpha value is -1.15. The highest BCUT2D eigenvalue weighted by atomic mass is 16.1. The summed E-state index contributed by atoms with van der Waals surface area (Å²) in [6.07, 6.45) is 0.474. The van der Waals surface area contributed by atoms with Crippen LogP contribution in [0, 0.1) is 0 Å². The second-order valence-electron chi connectivity index (χ2n) is 3.35. The first-order valence-corrected chi connectivity index (χ1v) is 4.46. The molecule has 1 atom stereocenters. The molecule has 0 aliphatic heterocycles. The van der Waals surface area contributed by atoms with Gasteiger partial charge in [-0.15, -0.1) is 0 Å². The summed E-state index contributed by atoms with van der Waals surface area (Å²) in [5.74, 6) is 0.0682. The highest BCUT2D eigenvalue weighted by Gasteiger charge is 2.27. The standard InChI is InChI=1S/C11H15NO/c1-3-10(13)11(2,12)9-7-5-4-6-8-9/h4-8H,3,12H2,1-2H3. The number of carbonyl (C=O) groups excluding carboxylic acids is 1. The SMILES string of the molecule is CCC(=O)C(C)(N)c1ccccc1. The van der Waals surface area contributed by atoms with Crippen LogP contribution in [0.4, 0.5) is 0 Å². The van der Waals surface area contributed by atoms with Crippen LogP contribution in [0.15, 0.2) is 30.3 Å². The summed E-state index contributed by atoms with van der Waals surface area (Å²) in [7, 11) is 0. The number of ketones is 1. The Morgan fingerprint density at radius 1 is 1.38 bits per heavy atom. The molecular formula is C11H15NO. The van der Waals surface area contributed by atoms with Crippen molar-refractivity contribution in [2.45, 2.75) is 25.8 Å². The molecule has 0 aromatic heterocycles. The van der Waals surface area contributed by atoms with E-state index in [0.29, 0.717) is 6.42 Å². The second-order valence-corrected chi connectivity index (χ2v) is 3.35. The molecule has 2 heteroatoms. The van der Waals surface area contributed by atoms with Gasteiger partial charge in [-0.2, -0.15) is 0 Å². The first kappa shape index (κ1) is 9.93. The Bertz CT molecular complexity index is 290. The third kappa shape index (κ3) is 1.95. The van der Waals surface area contributed by atoms with Gasteiger partial charge in [0.25, 0.3) is 0 Å². The van der Waals surface area contributed by atoms with E-state index < -0.39 is 5.54 Å². The number of Topliss-reactive ketones (excluding diaryl/α,β-unsaturated/α-hetero) is 1. The maximum Gasteiger partial charge on any atom is 0.156 e. The minimum Gasteiger partial charge on any atom is -0.315 e. The van der Waals surface area contributed by atoms with E-state index in [1.54, 1.807) is 6.92 Å². The minimum atomic E-state index is -0.837. The lowest BCUT2D eigenvalue weighted by molar-refractivity contribution is -0.123. The molecule has 0 saturated heterocycles. The van der Waals surface area contributed by atoms with Gasteiger partial charge in [-0.1, -0.05) is 37.3 Å². The molecule has 70 valence electrons. The molecule has 1 unspecified atom stereocenters. The number of carbonyl (C=O) groups is 1. The van der Waals surface area contributed by atoms with Gasteiger partial charge in [-0.25, -0.2) is 0 Å². The van der Waals surface area contributed by atoms with Crippen molar-refractivity contribution in [1.82, 2.24) is 0 Å². The van der Waals surface area contributed by atoms with Gasteiger partial charge in [-0.3, -0.25) is 4.79 Å². The Morgan fingerprint density at radius 2 is 1.92 bits per heavy atom. The van der Waals surface area contributed by atoms with E-state index in [9.17, 15) is 4.79 Å². The maximum absolute atomic E-state index is 11.5. The quantitative estimate of drug-likeness (QED) is 0.765. The zero-order chi connectivity index (χ0) is 9.90. The predicted molar refractivity (Wildman–Crippen MR) is 53.3 cm³/mol. The Morgan fingerprint density at radius 3 is 2.38 bits per heavy atom. The number of hydrogen-bond donors (Lipinski definition) is 1. The second kappa shape index (κ2) is 3.71. The molecular weight excluding hydrogens is 162 g/mol. The molecule has 0 aliphatic rings. The highest BCUT2D eigenvalue weighted by Crippen LogP contribution is 2.19. The first-order valence-electron chi connectivity index (χ1n) is 4.46. The number of benzene rings is 1. The summed E-state index contributed by atoms with van der Waals surface area (Å²) in [5, 5.41) is 0. The molecule has 13 heavy (non-hydrogen) atoms. The third-order valence-electron chi connectivity index (χ3n) is 2.27. The lowest BCUT2D eigenvalue weighted by Gasteiger charge is -2.22. The number of nitrogens with two attached hydrogens (primary N) is 1. The van der Waals surface area contributed by atoms with E-state index in [1.165, 1.54) is 0 Å². The van der Waals surface area contributed by atoms with Gasteiger partial charge in [-0.05, 0) is 12.5 Å². The lowest BCUT2D eigenvalue weighted by Crippen LogP contribution is -2.41. The monoisotopic (exact) mass is 177 g/mol. The van der Waals surface area contributed by atoms with Crippen LogP contribution in [0.5, 0.6) is 0 Å². The van der Waals surface area contributed by atoms with Gasteiger partial charge in [0.15, 0.2) is 5.78 Å². The summed E-state index contributed by atoms with van der Waals surface area (Å²) < 4.78 is 0. The fraction of sp³-hybridized carbons (Fsp3) is 0.364. The van der Waals surface area contributed by atoms with Crippen LogP contribution in [0.2, 0.25) is 0 Å². The van der Waals surface area contributed by atoms with Crippen LogP contribution < -0.4 is 5.73 Å². The van der Waals surface area contributed by atoms with E-state index >= 15 is 0 Å². The van der Waals surface area contributed by atoms with Crippen molar-refractivity contribution in [2.24, 2.45) is 5.73 Å². The summed E-state index contributed by atoms with van der Waals surface area (Å²) >= 11 is 0. The summed E-state index contributed by atoms with van der Waals surface area (Å²) in [4.78, 5) is 11.5. The third-order valence-corrected chi connectivity index (χ3v) is 2.27. The van der Waals surface area contributed by atoms with Crippen molar-refractivity contribution < 1.29 is 4.79 Å². The van der Waals surface area contributed by atoms with Gasteiger partial charge in [0.1, 0.15) is 0 Å². The molecule has 0 heterocycles. The van der Waals surface area contributed by atoms with Gasteiger partial charge >= 0.3 is 0 Å². The summed E-state index contributed by atoms with van der Waals surface area (Å²) in [6.45, 7) is 3.59. The van der Waals surface area contributed by atoms with E-state index in [0.717, 1.165) is 5.56 Å². The van der Waals surface area contributed by atoms with E-state index in [2.05, 4.69) is 0 Å². The van der Waals surface area contributed by atoms with Crippen LogP contribution in [0.3, 0.4) is 0 Å². The largest absolute Gasteiger partial charge is 0.315 e. The van der Waals surface area contributed by atoms with Crippen molar-refractivity contribution in [2.75, 3.05) is 0 Å². The summed E-state index contributed by atoms with van der Waals surface area (Å²) in [5.41, 5.74) is 5.98. The molecule has 0 amide bonds. The van der Waals surface area contributed by atoms with Crippen LogP contribution in [-0.2, 0) is 10.3 Å². The molecule has 0 radical (unpaired) electrons. The molecule has 2 N–H and O–H groups in total. The molecule has 0 aliphatic carbocycles. The molecule has 1 aromatic carbocycles. The zero-order valence-electron chi connectivity index (χ0n) is 8.08. The van der Waals surface area contributed by atoms with Crippen LogP contribution in [-0.4, -0.2) is 5.78 Å². The molecule has 1 aromatic rings. The van der Waals surface area contributed by atoms with E-state index in [4.69, 9.17) is 5.73 Å². The lowest BCUT2D eigenvalue weighted by atomic mass is 9.88. The van der Waals surface area contributed by atoms with Crippen molar-refractivity contribution in [3.8, 4) is 0 Å². The van der Waals surface area contributed by atoms with Crippen molar-refractivity contribution in [3.05, 3.63) is 35.9 Å². The van der Waals surface area contributed by atoms with Crippen LogP contribution in [0.1, 0.15) is 25.8 Å². The normalized spacial score (nSPS) is 15.0. The first-order chi connectivity index (χ1) is 6.09. The molecule has 0 spiro atoms. The van der Waals surface area contributed by atoms with Crippen molar-refractivity contribution in [1.29, 1.82) is 0 Å². The molecule has 0 bridgehead atoms. The van der Waals surface area contributed by atoms with E-state index in [1.807, 2.05) is 37.3 Å². The highest BCUT2D eigenvalue weighted by molar-refractivity contribution is 5.88. The van der Waals surface area contributed by atoms with Gasteiger partial charge in [0, 0.05) is 6.42 Å². The molecule has 0 saturated carbocycles. The topological polar surface area (TPSA) is 43.1 Å².